The van der Waals surface area contributed by atoms with Gasteiger partial charge in [-0.3, -0.25) is 4.79 Å². The number of hydrogen-bond acceptors (Lipinski definition) is 4. The largest absolute Gasteiger partial charge is 0.493 e. The van der Waals surface area contributed by atoms with Crippen molar-refractivity contribution >= 4 is 34.9 Å². The van der Waals surface area contributed by atoms with E-state index in [-0.39, 0.29) is 11.9 Å². The summed E-state index contributed by atoms with van der Waals surface area (Å²) in [5.74, 6) is 1.05. The number of anilines is 2. The van der Waals surface area contributed by atoms with Gasteiger partial charge in [0, 0.05) is 12.6 Å². The molecule has 7 nitrogen and oxygen atoms in total. The number of benzene rings is 2. The topological polar surface area (TPSA) is 88.7 Å². The van der Waals surface area contributed by atoms with E-state index in [4.69, 9.17) is 21.1 Å². The van der Waals surface area contributed by atoms with Gasteiger partial charge in [-0.1, -0.05) is 17.7 Å². The lowest BCUT2D eigenvalue weighted by molar-refractivity contribution is -0.114. The molecule has 1 atom stereocenters. The van der Waals surface area contributed by atoms with Gasteiger partial charge in [-0.25, -0.2) is 4.79 Å². The number of hydrogen-bond donors (Lipinski definition) is 3. The highest BCUT2D eigenvalue weighted by atomic mass is 35.5. The number of ether oxygens (including phenoxy) is 2. The minimum atomic E-state index is -0.408. The average Bonchev–Trinajstić information content (AvgIpc) is 2.64. The molecule has 3 N–H and O–H groups in total. The molecule has 3 amide bonds. The van der Waals surface area contributed by atoms with Gasteiger partial charge in [0.05, 0.1) is 30.5 Å². The van der Waals surface area contributed by atoms with E-state index < -0.39 is 6.03 Å². The van der Waals surface area contributed by atoms with Gasteiger partial charge < -0.3 is 25.4 Å². The second kappa shape index (κ2) is 9.85. The van der Waals surface area contributed by atoms with Crippen LogP contribution in [0, 0.1) is 0 Å². The lowest BCUT2D eigenvalue weighted by Gasteiger charge is -2.18. The van der Waals surface area contributed by atoms with Crippen LogP contribution < -0.4 is 25.4 Å². The van der Waals surface area contributed by atoms with Gasteiger partial charge in [0.1, 0.15) is 0 Å². The zero-order valence-electron chi connectivity index (χ0n) is 16.3. The number of methoxy groups -OCH3 is 1. The van der Waals surface area contributed by atoms with E-state index in [1.807, 2.05) is 32.0 Å². The molecule has 0 aliphatic carbocycles. The molecule has 2 aromatic carbocycles. The van der Waals surface area contributed by atoms with Crippen LogP contribution in [0.1, 0.15) is 32.4 Å². The van der Waals surface area contributed by atoms with Crippen molar-refractivity contribution in [3.8, 4) is 11.5 Å². The second-order valence-corrected chi connectivity index (χ2v) is 6.45. The van der Waals surface area contributed by atoms with Crippen molar-refractivity contribution in [1.82, 2.24) is 5.32 Å². The third-order valence-corrected chi connectivity index (χ3v) is 4.19. The summed E-state index contributed by atoms with van der Waals surface area (Å²) in [6, 6.07) is 9.67. The number of rotatable bonds is 7. The molecule has 0 aliphatic rings. The average molecular weight is 406 g/mol. The fourth-order valence-electron chi connectivity index (χ4n) is 2.56. The van der Waals surface area contributed by atoms with Crippen LogP contribution in [-0.4, -0.2) is 25.7 Å². The van der Waals surface area contributed by atoms with Crippen molar-refractivity contribution in [3.05, 3.63) is 47.0 Å². The quantitative estimate of drug-likeness (QED) is 0.628. The third kappa shape index (κ3) is 5.79. The SMILES string of the molecule is CCOc1ccc(C(C)NC(=O)Nc2ccc(NC(C)=O)cc2Cl)cc1OC. The summed E-state index contributed by atoms with van der Waals surface area (Å²) in [7, 11) is 1.57. The van der Waals surface area contributed by atoms with Crippen LogP contribution in [-0.2, 0) is 4.79 Å². The fraction of sp³-hybridized carbons (Fsp3) is 0.300. The molecular formula is C20H24ClN3O4. The molecule has 0 saturated carbocycles. The number of amides is 3. The first-order valence-electron chi connectivity index (χ1n) is 8.79. The molecule has 0 saturated heterocycles. The van der Waals surface area contributed by atoms with E-state index in [0.717, 1.165) is 5.56 Å². The predicted octanol–water partition coefficient (Wildman–Crippen LogP) is 4.59. The van der Waals surface area contributed by atoms with Gasteiger partial charge >= 0.3 is 6.03 Å². The summed E-state index contributed by atoms with van der Waals surface area (Å²) >= 11 is 6.17. The summed E-state index contributed by atoms with van der Waals surface area (Å²) in [4.78, 5) is 23.4. The van der Waals surface area contributed by atoms with Gasteiger partial charge in [-0.15, -0.1) is 0 Å². The van der Waals surface area contributed by atoms with E-state index in [1.165, 1.54) is 6.92 Å². The van der Waals surface area contributed by atoms with E-state index in [0.29, 0.717) is 34.5 Å². The van der Waals surface area contributed by atoms with Crippen molar-refractivity contribution in [1.29, 1.82) is 0 Å². The van der Waals surface area contributed by atoms with Crippen molar-refractivity contribution in [2.45, 2.75) is 26.8 Å². The summed E-state index contributed by atoms with van der Waals surface area (Å²) in [6.45, 7) is 5.70. The molecule has 28 heavy (non-hydrogen) atoms. The van der Waals surface area contributed by atoms with Gasteiger partial charge in [-0.2, -0.15) is 0 Å². The Balaban J connectivity index is 2.03. The first-order chi connectivity index (χ1) is 13.3. The van der Waals surface area contributed by atoms with Crippen molar-refractivity contribution in [3.63, 3.8) is 0 Å². The van der Waals surface area contributed by atoms with Crippen LogP contribution in [0.2, 0.25) is 5.02 Å². The van der Waals surface area contributed by atoms with Crippen molar-refractivity contribution in [2.24, 2.45) is 0 Å². The van der Waals surface area contributed by atoms with Crippen LogP contribution in [0.5, 0.6) is 11.5 Å². The van der Waals surface area contributed by atoms with Gasteiger partial charge in [0.2, 0.25) is 5.91 Å². The summed E-state index contributed by atoms with van der Waals surface area (Å²) < 4.78 is 10.8. The number of nitrogens with one attached hydrogen (secondary N) is 3. The first-order valence-corrected chi connectivity index (χ1v) is 9.17. The van der Waals surface area contributed by atoms with Gasteiger partial charge in [0.25, 0.3) is 0 Å². The predicted molar refractivity (Wildman–Crippen MR) is 110 cm³/mol. The molecule has 0 radical (unpaired) electrons. The summed E-state index contributed by atoms with van der Waals surface area (Å²) in [5, 5.41) is 8.49. The Morgan fingerprint density at radius 2 is 1.86 bits per heavy atom. The minimum absolute atomic E-state index is 0.200. The number of carbonyl (C=O) groups is 2. The molecule has 0 spiro atoms. The number of urea groups is 1. The molecule has 2 aromatic rings. The Morgan fingerprint density at radius 3 is 2.46 bits per heavy atom. The van der Waals surface area contributed by atoms with E-state index in [9.17, 15) is 9.59 Å². The molecule has 0 aromatic heterocycles. The Morgan fingerprint density at radius 1 is 1.11 bits per heavy atom. The van der Waals surface area contributed by atoms with Crippen molar-refractivity contribution in [2.75, 3.05) is 24.4 Å². The zero-order chi connectivity index (χ0) is 20.7. The Hall–Kier alpha value is -2.93. The molecule has 0 heterocycles. The summed E-state index contributed by atoms with van der Waals surface area (Å²) in [6.07, 6.45) is 0. The highest BCUT2D eigenvalue weighted by Gasteiger charge is 2.14. The monoisotopic (exact) mass is 405 g/mol. The molecule has 0 fully saturated rings. The molecule has 8 heteroatoms. The Labute approximate surface area is 169 Å². The molecule has 0 bridgehead atoms. The fourth-order valence-corrected chi connectivity index (χ4v) is 2.79. The molecule has 1 unspecified atom stereocenters. The number of carbonyl (C=O) groups excluding carboxylic acids is 2. The molecular weight excluding hydrogens is 382 g/mol. The lowest BCUT2D eigenvalue weighted by atomic mass is 10.1. The van der Waals surface area contributed by atoms with E-state index in [2.05, 4.69) is 16.0 Å². The standard InChI is InChI=1S/C20H24ClN3O4/c1-5-28-18-9-6-14(10-19(18)27-4)12(2)22-20(26)24-17-8-7-15(11-16(17)21)23-13(3)25/h6-12H,5H2,1-4H3,(H,23,25)(H2,22,24,26). The van der Waals surface area contributed by atoms with E-state index >= 15 is 0 Å². The smallest absolute Gasteiger partial charge is 0.319 e. The molecule has 0 aliphatic heterocycles. The van der Waals surface area contributed by atoms with Gasteiger partial charge in [0.15, 0.2) is 11.5 Å². The zero-order valence-corrected chi connectivity index (χ0v) is 17.0. The maximum atomic E-state index is 12.3. The highest BCUT2D eigenvalue weighted by Crippen LogP contribution is 2.30. The Kier molecular flexibility index (Phi) is 7.52. The minimum Gasteiger partial charge on any atom is -0.493 e. The van der Waals surface area contributed by atoms with Crippen molar-refractivity contribution < 1.29 is 19.1 Å². The van der Waals surface area contributed by atoms with Crippen LogP contribution in [0.15, 0.2) is 36.4 Å². The van der Waals surface area contributed by atoms with Crippen LogP contribution in [0.4, 0.5) is 16.2 Å². The highest BCUT2D eigenvalue weighted by molar-refractivity contribution is 6.34. The number of halogens is 1. The molecule has 150 valence electrons. The summed E-state index contributed by atoms with van der Waals surface area (Å²) in [5.41, 5.74) is 1.85. The third-order valence-electron chi connectivity index (χ3n) is 3.87. The molecule has 2 rings (SSSR count). The van der Waals surface area contributed by atoms with E-state index in [1.54, 1.807) is 25.3 Å². The lowest BCUT2D eigenvalue weighted by Crippen LogP contribution is -2.31. The first kappa shape index (κ1) is 21.4. The Bertz CT molecular complexity index is 857. The maximum Gasteiger partial charge on any atom is 0.319 e. The maximum absolute atomic E-state index is 12.3. The normalized spacial score (nSPS) is 11.3. The van der Waals surface area contributed by atoms with Crippen LogP contribution >= 0.6 is 11.6 Å². The van der Waals surface area contributed by atoms with Crippen LogP contribution in [0.3, 0.4) is 0 Å². The van der Waals surface area contributed by atoms with Gasteiger partial charge in [-0.05, 0) is 49.7 Å². The second-order valence-electron chi connectivity index (χ2n) is 6.04. The van der Waals surface area contributed by atoms with Crippen LogP contribution in [0.25, 0.3) is 0 Å².